The smallest absolute Gasteiger partial charge is 0.409 e. The van der Waals surface area contributed by atoms with E-state index in [1.54, 1.807) is 11.8 Å². The van der Waals surface area contributed by atoms with Crippen molar-refractivity contribution in [2.24, 2.45) is 5.41 Å². The molecule has 1 aliphatic carbocycles. The Morgan fingerprint density at radius 3 is 2.43 bits per heavy atom. The molecule has 0 atom stereocenters. The van der Waals surface area contributed by atoms with E-state index in [-0.39, 0.29) is 17.8 Å². The van der Waals surface area contributed by atoms with Crippen LogP contribution in [0.5, 0.6) is 0 Å². The average Bonchev–Trinajstić information content (AvgIpc) is 3.47. The van der Waals surface area contributed by atoms with E-state index in [1.807, 2.05) is 0 Å². The number of ether oxygens (including phenoxy) is 1. The van der Waals surface area contributed by atoms with Gasteiger partial charge in [-0.05, 0) is 44.7 Å². The molecule has 1 aromatic carbocycles. The number of nitrogens with one attached hydrogen (secondary N) is 2. The normalized spacial score (nSPS) is 18.3. The molecule has 1 aliphatic heterocycles. The molecule has 0 spiro atoms. The van der Waals surface area contributed by atoms with Crippen molar-refractivity contribution in [3.63, 3.8) is 0 Å². The molecular formula is C19H23F2N3O4. The number of benzene rings is 1. The third-order valence-electron chi connectivity index (χ3n) is 5.15. The van der Waals surface area contributed by atoms with Crippen LogP contribution in [0.15, 0.2) is 18.2 Å². The molecule has 1 aromatic rings. The molecule has 0 aromatic heterocycles. The molecule has 1 saturated carbocycles. The van der Waals surface area contributed by atoms with E-state index in [9.17, 15) is 23.2 Å². The number of amides is 3. The molecule has 3 rings (SSSR count). The number of piperidine rings is 1. The van der Waals surface area contributed by atoms with Crippen LogP contribution >= 0.6 is 0 Å². The van der Waals surface area contributed by atoms with Gasteiger partial charge in [-0.3, -0.25) is 9.59 Å². The van der Waals surface area contributed by atoms with Crippen LogP contribution in [0.2, 0.25) is 0 Å². The van der Waals surface area contributed by atoms with E-state index in [4.69, 9.17) is 4.74 Å². The van der Waals surface area contributed by atoms with Crippen molar-refractivity contribution in [2.75, 3.05) is 25.0 Å². The second-order valence-corrected chi connectivity index (χ2v) is 7.09. The fourth-order valence-electron chi connectivity index (χ4n) is 3.26. The Morgan fingerprint density at radius 1 is 1.18 bits per heavy atom. The van der Waals surface area contributed by atoms with Gasteiger partial charge >= 0.3 is 6.09 Å². The van der Waals surface area contributed by atoms with Gasteiger partial charge in [0, 0.05) is 25.2 Å². The minimum absolute atomic E-state index is 0.147. The van der Waals surface area contributed by atoms with Gasteiger partial charge in [-0.2, -0.15) is 0 Å². The summed E-state index contributed by atoms with van der Waals surface area (Å²) in [4.78, 5) is 38.5. The summed E-state index contributed by atoms with van der Waals surface area (Å²) in [5.41, 5.74) is -1.38. The second-order valence-electron chi connectivity index (χ2n) is 7.09. The van der Waals surface area contributed by atoms with Crippen molar-refractivity contribution in [1.29, 1.82) is 0 Å². The highest BCUT2D eigenvalue weighted by Crippen LogP contribution is 2.47. The summed E-state index contributed by atoms with van der Waals surface area (Å²) in [6.45, 7) is 2.97. The Kier molecular flexibility index (Phi) is 5.81. The number of carbonyl (C=O) groups excluding carboxylic acids is 3. The monoisotopic (exact) mass is 395 g/mol. The summed E-state index contributed by atoms with van der Waals surface area (Å²) in [7, 11) is 0. The fraction of sp³-hybridized carbons (Fsp3) is 0.526. The number of rotatable bonds is 5. The van der Waals surface area contributed by atoms with Crippen molar-refractivity contribution in [2.45, 2.75) is 38.6 Å². The van der Waals surface area contributed by atoms with Crippen LogP contribution in [0.1, 0.15) is 32.6 Å². The summed E-state index contributed by atoms with van der Waals surface area (Å²) >= 11 is 0. The van der Waals surface area contributed by atoms with Crippen LogP contribution in [0.3, 0.4) is 0 Å². The van der Waals surface area contributed by atoms with Gasteiger partial charge in [0.05, 0.1) is 12.3 Å². The first-order valence-electron chi connectivity index (χ1n) is 9.35. The lowest BCUT2D eigenvalue weighted by Gasteiger charge is -2.32. The molecule has 9 heteroatoms. The molecule has 2 N–H and O–H groups in total. The highest BCUT2D eigenvalue weighted by molar-refractivity contribution is 6.13. The lowest BCUT2D eigenvalue weighted by atomic mass is 10.0. The Bertz CT molecular complexity index is 774. The molecule has 0 unspecified atom stereocenters. The van der Waals surface area contributed by atoms with Crippen molar-refractivity contribution in [3.8, 4) is 0 Å². The third-order valence-corrected chi connectivity index (χ3v) is 5.15. The summed E-state index contributed by atoms with van der Waals surface area (Å²) in [5.74, 6) is -2.64. The predicted molar refractivity (Wildman–Crippen MR) is 96.4 cm³/mol. The summed E-state index contributed by atoms with van der Waals surface area (Å²) < 4.78 is 31.7. The van der Waals surface area contributed by atoms with Crippen LogP contribution < -0.4 is 10.6 Å². The molecule has 3 amide bonds. The van der Waals surface area contributed by atoms with E-state index in [0.717, 1.165) is 12.1 Å². The zero-order valence-electron chi connectivity index (χ0n) is 15.6. The molecule has 1 heterocycles. The highest BCUT2D eigenvalue weighted by atomic mass is 19.1. The molecule has 1 saturated heterocycles. The summed E-state index contributed by atoms with van der Waals surface area (Å²) in [5, 5.41) is 5.25. The molecule has 2 aliphatic rings. The molecular weight excluding hydrogens is 372 g/mol. The predicted octanol–water partition coefficient (Wildman–Crippen LogP) is 2.42. The maximum Gasteiger partial charge on any atom is 0.409 e. The van der Waals surface area contributed by atoms with Crippen molar-refractivity contribution in [3.05, 3.63) is 29.8 Å². The quantitative estimate of drug-likeness (QED) is 0.750. The Hall–Kier alpha value is -2.71. The van der Waals surface area contributed by atoms with Crippen LogP contribution in [0.25, 0.3) is 0 Å². The van der Waals surface area contributed by atoms with Crippen molar-refractivity contribution < 1.29 is 27.9 Å². The number of anilines is 1. The number of carbonyl (C=O) groups is 3. The fourth-order valence-corrected chi connectivity index (χ4v) is 3.26. The second kappa shape index (κ2) is 8.12. The van der Waals surface area contributed by atoms with Gasteiger partial charge in [-0.1, -0.05) is 0 Å². The lowest BCUT2D eigenvalue weighted by Crippen LogP contribution is -2.50. The van der Waals surface area contributed by atoms with Crippen LogP contribution in [-0.4, -0.2) is 48.5 Å². The molecule has 7 nitrogen and oxygen atoms in total. The molecule has 0 radical (unpaired) electrons. The number of hydrogen-bond donors (Lipinski definition) is 2. The minimum Gasteiger partial charge on any atom is -0.450 e. The van der Waals surface area contributed by atoms with Gasteiger partial charge in [-0.25, -0.2) is 13.6 Å². The van der Waals surface area contributed by atoms with Crippen molar-refractivity contribution in [1.82, 2.24) is 10.2 Å². The SMILES string of the molecule is CCOC(=O)N1CCC(NC(=O)C2(C(=O)Nc3ccc(F)cc3F)CC2)CC1. The highest BCUT2D eigenvalue weighted by Gasteiger charge is 2.57. The third kappa shape index (κ3) is 4.23. The van der Waals surface area contributed by atoms with E-state index in [1.165, 1.54) is 0 Å². The molecule has 28 heavy (non-hydrogen) atoms. The van der Waals surface area contributed by atoms with Gasteiger partial charge in [0.2, 0.25) is 11.8 Å². The summed E-state index contributed by atoms with van der Waals surface area (Å²) in [6, 6.07) is 2.69. The van der Waals surface area contributed by atoms with E-state index in [2.05, 4.69) is 10.6 Å². The first-order valence-corrected chi connectivity index (χ1v) is 9.35. The average molecular weight is 395 g/mol. The topological polar surface area (TPSA) is 87.7 Å². The Labute approximate surface area is 161 Å². The minimum atomic E-state index is -1.22. The van der Waals surface area contributed by atoms with E-state index < -0.39 is 28.9 Å². The van der Waals surface area contributed by atoms with Crippen LogP contribution in [-0.2, 0) is 14.3 Å². The zero-order valence-corrected chi connectivity index (χ0v) is 15.6. The van der Waals surface area contributed by atoms with Gasteiger partial charge in [0.15, 0.2) is 0 Å². The van der Waals surface area contributed by atoms with E-state index in [0.29, 0.717) is 51.4 Å². The van der Waals surface area contributed by atoms with E-state index >= 15 is 0 Å². The number of hydrogen-bond acceptors (Lipinski definition) is 4. The molecule has 152 valence electrons. The van der Waals surface area contributed by atoms with Gasteiger partial charge in [0.1, 0.15) is 17.0 Å². The number of halogens is 2. The zero-order chi connectivity index (χ0) is 20.3. The molecule has 0 bridgehead atoms. The first kappa shape index (κ1) is 20.0. The molecule has 2 fully saturated rings. The standard InChI is InChI=1S/C19H23F2N3O4/c1-2-28-18(27)24-9-5-13(6-10-24)22-16(25)19(7-8-19)17(26)23-15-4-3-12(20)11-14(15)21/h3-4,11,13H,2,5-10H2,1H3,(H,22,25)(H,23,26). The van der Waals surface area contributed by atoms with Gasteiger partial charge in [0.25, 0.3) is 0 Å². The van der Waals surface area contributed by atoms with Crippen LogP contribution in [0.4, 0.5) is 19.3 Å². The lowest BCUT2D eigenvalue weighted by molar-refractivity contribution is -0.135. The number of likely N-dealkylation sites (tertiary alicyclic amines) is 1. The van der Waals surface area contributed by atoms with Crippen LogP contribution in [0, 0.1) is 17.0 Å². The maximum absolute atomic E-state index is 13.8. The van der Waals surface area contributed by atoms with Gasteiger partial charge < -0.3 is 20.3 Å². The first-order chi connectivity index (χ1) is 13.4. The van der Waals surface area contributed by atoms with Crippen molar-refractivity contribution >= 4 is 23.6 Å². The number of nitrogens with zero attached hydrogens (tertiary/aromatic N) is 1. The summed E-state index contributed by atoms with van der Waals surface area (Å²) in [6.07, 6.45) is 1.50. The Balaban J connectivity index is 1.54. The van der Waals surface area contributed by atoms with Gasteiger partial charge in [-0.15, -0.1) is 0 Å². The Morgan fingerprint density at radius 2 is 1.86 bits per heavy atom. The largest absolute Gasteiger partial charge is 0.450 e. The maximum atomic E-state index is 13.8.